The van der Waals surface area contributed by atoms with Gasteiger partial charge in [-0.25, -0.2) is 9.59 Å². The second-order valence-electron chi connectivity index (χ2n) is 4.16. The van der Waals surface area contributed by atoms with E-state index in [2.05, 4.69) is 10.1 Å². The van der Waals surface area contributed by atoms with E-state index in [4.69, 9.17) is 9.15 Å². The van der Waals surface area contributed by atoms with Crippen LogP contribution in [-0.2, 0) is 4.74 Å². The van der Waals surface area contributed by atoms with Gasteiger partial charge in [-0.05, 0) is 24.3 Å². The summed E-state index contributed by atoms with van der Waals surface area (Å²) in [6, 6.07) is 8.60. The zero-order valence-electron chi connectivity index (χ0n) is 11.9. The van der Waals surface area contributed by atoms with E-state index in [0.717, 1.165) is 0 Å². The van der Waals surface area contributed by atoms with E-state index in [9.17, 15) is 9.59 Å². The molecule has 0 saturated carbocycles. The van der Waals surface area contributed by atoms with Crippen LogP contribution in [0.4, 0.5) is 5.69 Å². The van der Waals surface area contributed by atoms with Crippen LogP contribution in [0.1, 0.15) is 10.4 Å². The summed E-state index contributed by atoms with van der Waals surface area (Å²) in [6.45, 7) is 0. The highest BCUT2D eigenvalue weighted by Gasteiger charge is 2.19. The van der Waals surface area contributed by atoms with Crippen LogP contribution in [0.25, 0.3) is 11.3 Å². The Bertz CT molecular complexity index is 703. The zero-order chi connectivity index (χ0) is 15.4. The van der Waals surface area contributed by atoms with Gasteiger partial charge in [-0.15, -0.1) is 0 Å². The number of anilines is 1. The van der Waals surface area contributed by atoms with Crippen LogP contribution in [0.2, 0.25) is 0 Å². The zero-order valence-corrected chi connectivity index (χ0v) is 11.9. The topological polar surface area (TPSA) is 77.8 Å². The van der Waals surface area contributed by atoms with Gasteiger partial charge < -0.3 is 19.2 Å². The van der Waals surface area contributed by atoms with E-state index in [1.807, 2.05) is 0 Å². The lowest BCUT2D eigenvalue weighted by molar-refractivity contribution is 0.0597. The molecule has 6 nitrogen and oxygen atoms in total. The van der Waals surface area contributed by atoms with Crippen LogP contribution in [0.5, 0.6) is 5.75 Å². The first-order valence-corrected chi connectivity index (χ1v) is 6.19. The lowest BCUT2D eigenvalue weighted by Gasteiger charge is -2.08. The van der Waals surface area contributed by atoms with Gasteiger partial charge in [0.1, 0.15) is 11.5 Å². The summed E-state index contributed by atoms with van der Waals surface area (Å²) in [5, 5.41) is 2.80. The Morgan fingerprint density at radius 3 is 2.38 bits per heavy atom. The first-order chi connectivity index (χ1) is 10.1. The van der Waals surface area contributed by atoms with Crippen molar-refractivity contribution >= 4 is 11.7 Å². The van der Waals surface area contributed by atoms with Crippen LogP contribution in [0, 0.1) is 0 Å². The summed E-state index contributed by atoms with van der Waals surface area (Å²) in [5.74, 6) is 0.301. The van der Waals surface area contributed by atoms with Gasteiger partial charge in [-0.1, -0.05) is 0 Å². The lowest BCUT2D eigenvalue weighted by Crippen LogP contribution is -2.18. The maximum absolute atomic E-state index is 12.0. The number of methoxy groups -OCH3 is 2. The molecule has 0 spiro atoms. The third-order valence-electron chi connectivity index (χ3n) is 2.98. The molecule has 1 N–H and O–H groups in total. The van der Waals surface area contributed by atoms with Gasteiger partial charge in [0.2, 0.25) is 0 Å². The number of carbonyl (C=O) groups excluding carboxylic acids is 1. The molecule has 2 aromatic rings. The van der Waals surface area contributed by atoms with Gasteiger partial charge in [-0.3, -0.25) is 0 Å². The van der Waals surface area contributed by atoms with Gasteiger partial charge in [-0.2, -0.15) is 0 Å². The third-order valence-corrected chi connectivity index (χ3v) is 2.98. The summed E-state index contributed by atoms with van der Waals surface area (Å²) in [4.78, 5) is 23.6. The molecule has 1 aromatic heterocycles. The maximum atomic E-state index is 12.0. The fourth-order valence-electron chi connectivity index (χ4n) is 1.88. The number of ether oxygens (including phenoxy) is 2. The minimum absolute atomic E-state index is 0.155. The van der Waals surface area contributed by atoms with Crippen molar-refractivity contribution in [1.29, 1.82) is 0 Å². The molecule has 0 aliphatic carbocycles. The van der Waals surface area contributed by atoms with Crippen LogP contribution < -0.4 is 15.7 Å². The Morgan fingerprint density at radius 2 is 1.86 bits per heavy atom. The molecule has 110 valence electrons. The molecular weight excluding hydrogens is 274 g/mol. The number of hydrogen-bond acceptors (Lipinski definition) is 6. The van der Waals surface area contributed by atoms with Crippen molar-refractivity contribution in [3.8, 4) is 17.1 Å². The minimum atomic E-state index is -0.750. The molecule has 0 unspecified atom stereocenters. The molecule has 21 heavy (non-hydrogen) atoms. The van der Waals surface area contributed by atoms with Crippen LogP contribution in [0.15, 0.2) is 39.5 Å². The monoisotopic (exact) mass is 289 g/mol. The van der Waals surface area contributed by atoms with E-state index in [1.54, 1.807) is 44.5 Å². The molecule has 0 radical (unpaired) electrons. The van der Waals surface area contributed by atoms with E-state index in [-0.39, 0.29) is 5.56 Å². The second-order valence-corrected chi connectivity index (χ2v) is 4.16. The summed E-state index contributed by atoms with van der Waals surface area (Å²) < 4.78 is 14.8. The molecule has 1 heterocycles. The van der Waals surface area contributed by atoms with E-state index in [0.29, 0.717) is 22.8 Å². The number of rotatable bonds is 4. The number of carbonyl (C=O) groups is 1. The van der Waals surface area contributed by atoms with Crippen LogP contribution in [0.3, 0.4) is 0 Å². The highest BCUT2D eigenvalue weighted by atomic mass is 16.5. The van der Waals surface area contributed by atoms with Gasteiger partial charge in [0.05, 0.1) is 19.9 Å². The van der Waals surface area contributed by atoms with E-state index in [1.165, 1.54) is 7.11 Å². The fourth-order valence-corrected chi connectivity index (χ4v) is 1.88. The third kappa shape index (κ3) is 2.89. The highest BCUT2D eigenvalue weighted by Crippen LogP contribution is 2.25. The van der Waals surface area contributed by atoms with Gasteiger partial charge in [0, 0.05) is 18.7 Å². The molecule has 2 rings (SSSR count). The molecular formula is C15H15NO5. The summed E-state index contributed by atoms with van der Waals surface area (Å²) in [6.07, 6.45) is 0. The summed E-state index contributed by atoms with van der Waals surface area (Å²) in [5.41, 5.74) is 0.140. The van der Waals surface area contributed by atoms with Crippen molar-refractivity contribution < 1.29 is 18.7 Å². The molecule has 0 saturated heterocycles. The first kappa shape index (κ1) is 14.6. The van der Waals surface area contributed by atoms with Crippen molar-refractivity contribution in [1.82, 2.24) is 0 Å². The molecule has 0 atom stereocenters. The van der Waals surface area contributed by atoms with Crippen molar-refractivity contribution in [3.63, 3.8) is 0 Å². The predicted octanol–water partition coefficient (Wildman–Crippen LogP) is 2.14. The Labute approximate surface area is 121 Å². The van der Waals surface area contributed by atoms with Crippen LogP contribution >= 0.6 is 0 Å². The number of benzene rings is 1. The fraction of sp³-hybridized carbons (Fsp3) is 0.200. The van der Waals surface area contributed by atoms with Crippen molar-refractivity contribution in [2.75, 3.05) is 26.6 Å². The molecule has 0 amide bonds. The standard InChI is InChI=1S/C15H15NO5/c1-16-11-8-12(9-4-6-10(19-2)7-5-9)21-15(18)13(11)14(17)20-3/h4-8,16H,1-3H3. The van der Waals surface area contributed by atoms with Crippen LogP contribution in [-0.4, -0.2) is 27.2 Å². The minimum Gasteiger partial charge on any atom is -0.497 e. The molecule has 0 aliphatic rings. The van der Waals surface area contributed by atoms with Gasteiger partial charge in [0.15, 0.2) is 5.56 Å². The number of esters is 1. The van der Waals surface area contributed by atoms with Crippen molar-refractivity contribution in [3.05, 3.63) is 46.3 Å². The van der Waals surface area contributed by atoms with Crippen molar-refractivity contribution in [2.24, 2.45) is 0 Å². The van der Waals surface area contributed by atoms with Crippen molar-refractivity contribution in [2.45, 2.75) is 0 Å². The van der Waals surface area contributed by atoms with E-state index < -0.39 is 11.6 Å². The largest absolute Gasteiger partial charge is 0.497 e. The smallest absolute Gasteiger partial charge is 0.353 e. The summed E-state index contributed by atoms with van der Waals surface area (Å²) in [7, 11) is 4.39. The highest BCUT2D eigenvalue weighted by molar-refractivity contribution is 5.95. The van der Waals surface area contributed by atoms with Gasteiger partial charge >= 0.3 is 11.6 Å². The van der Waals surface area contributed by atoms with Gasteiger partial charge in [0.25, 0.3) is 0 Å². The molecule has 1 aromatic carbocycles. The number of nitrogens with one attached hydrogen (secondary N) is 1. The summed E-state index contributed by atoms with van der Waals surface area (Å²) >= 11 is 0. The molecule has 0 aliphatic heterocycles. The lowest BCUT2D eigenvalue weighted by atomic mass is 10.1. The second kappa shape index (κ2) is 6.13. The molecule has 0 fully saturated rings. The van der Waals surface area contributed by atoms with E-state index >= 15 is 0 Å². The quantitative estimate of drug-likeness (QED) is 0.869. The first-order valence-electron chi connectivity index (χ1n) is 6.19. The Hall–Kier alpha value is -2.76. The average molecular weight is 289 g/mol. The maximum Gasteiger partial charge on any atom is 0.353 e. The average Bonchev–Trinajstić information content (AvgIpc) is 2.53. The SMILES string of the molecule is CNc1cc(-c2ccc(OC)cc2)oc(=O)c1C(=O)OC. The normalized spacial score (nSPS) is 10.0. The Kier molecular flexibility index (Phi) is 4.27. The molecule has 6 heteroatoms. The number of hydrogen-bond donors (Lipinski definition) is 1. The predicted molar refractivity (Wildman–Crippen MR) is 77.9 cm³/mol. The Morgan fingerprint density at radius 1 is 1.19 bits per heavy atom. The Balaban J connectivity index is 2.53. The molecule has 0 bridgehead atoms.